The third-order valence-electron chi connectivity index (χ3n) is 5.54. The second kappa shape index (κ2) is 7.91. The van der Waals surface area contributed by atoms with Crippen molar-refractivity contribution in [3.63, 3.8) is 0 Å². The topological polar surface area (TPSA) is 80.2 Å². The van der Waals surface area contributed by atoms with E-state index in [1.165, 1.54) is 35.0 Å². The lowest BCUT2D eigenvalue weighted by atomic mass is 9.97. The van der Waals surface area contributed by atoms with Crippen molar-refractivity contribution < 1.29 is 13.2 Å². The molecule has 1 aliphatic heterocycles. The molecule has 1 aliphatic carbocycles. The minimum atomic E-state index is -3.01. The van der Waals surface area contributed by atoms with E-state index in [4.69, 9.17) is 0 Å². The Labute approximate surface area is 174 Å². The second-order valence-electron chi connectivity index (χ2n) is 7.49. The van der Waals surface area contributed by atoms with Crippen molar-refractivity contribution >= 4 is 49.1 Å². The number of rotatable bonds is 5. The third-order valence-corrected chi connectivity index (χ3v) is 9.43. The molecular formula is C19H25N3O3S3. The molecule has 0 spiro atoms. The molecule has 2 aromatic rings. The van der Waals surface area contributed by atoms with E-state index in [1.807, 2.05) is 13.8 Å². The summed E-state index contributed by atoms with van der Waals surface area (Å²) in [6.07, 6.45) is 5.13. The number of aryl methyl sites for hydroxylation is 3. The first kappa shape index (κ1) is 20.1. The van der Waals surface area contributed by atoms with Gasteiger partial charge in [-0.3, -0.25) is 4.79 Å². The molecule has 0 N–H and O–H groups in total. The van der Waals surface area contributed by atoms with Crippen LogP contribution in [-0.4, -0.2) is 59.0 Å². The summed E-state index contributed by atoms with van der Waals surface area (Å²) in [6.45, 7) is 4.34. The average molecular weight is 440 g/mol. The number of thiophene rings is 1. The van der Waals surface area contributed by atoms with Crippen LogP contribution in [0.1, 0.15) is 42.5 Å². The van der Waals surface area contributed by atoms with E-state index in [-0.39, 0.29) is 29.2 Å². The number of hydrogen-bond acceptors (Lipinski definition) is 7. The van der Waals surface area contributed by atoms with E-state index in [1.54, 1.807) is 16.2 Å². The van der Waals surface area contributed by atoms with Crippen molar-refractivity contribution in [1.29, 1.82) is 0 Å². The van der Waals surface area contributed by atoms with Crippen LogP contribution >= 0.6 is 23.1 Å². The van der Waals surface area contributed by atoms with Gasteiger partial charge in [0.2, 0.25) is 5.91 Å². The van der Waals surface area contributed by atoms with Crippen LogP contribution in [0.4, 0.5) is 0 Å². The fourth-order valence-electron chi connectivity index (χ4n) is 4.20. The summed E-state index contributed by atoms with van der Waals surface area (Å²) in [4.78, 5) is 26.3. The minimum absolute atomic E-state index is 0.0110. The summed E-state index contributed by atoms with van der Waals surface area (Å²) in [5, 5.41) is 2.03. The molecule has 1 atom stereocenters. The molecule has 0 bridgehead atoms. The van der Waals surface area contributed by atoms with Crippen molar-refractivity contribution in [3.05, 3.63) is 16.3 Å². The number of thioether (sulfide) groups is 1. The number of aromatic nitrogens is 2. The van der Waals surface area contributed by atoms with E-state index in [0.29, 0.717) is 13.0 Å². The molecule has 1 saturated heterocycles. The SMILES string of the molecule is CCN(C(=O)CSc1nc(C)nc2sc3c(c12)CCCC3)C1CCS(=O)(=O)C1. The van der Waals surface area contributed by atoms with Gasteiger partial charge in [-0.2, -0.15) is 0 Å². The fraction of sp³-hybridized carbons (Fsp3) is 0.632. The largest absolute Gasteiger partial charge is 0.338 e. The van der Waals surface area contributed by atoms with Gasteiger partial charge in [0.15, 0.2) is 9.84 Å². The zero-order valence-corrected chi connectivity index (χ0v) is 18.7. The lowest BCUT2D eigenvalue weighted by Gasteiger charge is -2.26. The molecule has 1 amide bonds. The van der Waals surface area contributed by atoms with Crippen LogP contribution in [-0.2, 0) is 27.5 Å². The predicted molar refractivity (Wildman–Crippen MR) is 114 cm³/mol. The van der Waals surface area contributed by atoms with Crippen molar-refractivity contribution in [2.24, 2.45) is 0 Å². The molecular weight excluding hydrogens is 414 g/mol. The molecule has 1 fully saturated rings. The van der Waals surface area contributed by atoms with Crippen molar-refractivity contribution in [1.82, 2.24) is 14.9 Å². The molecule has 0 radical (unpaired) electrons. The van der Waals surface area contributed by atoms with Gasteiger partial charge in [0.05, 0.1) is 17.3 Å². The number of carbonyl (C=O) groups is 1. The van der Waals surface area contributed by atoms with Crippen LogP contribution < -0.4 is 0 Å². The van der Waals surface area contributed by atoms with Crippen LogP contribution in [0.5, 0.6) is 0 Å². The summed E-state index contributed by atoms with van der Waals surface area (Å²) in [6, 6.07) is -0.191. The van der Waals surface area contributed by atoms with Gasteiger partial charge < -0.3 is 4.90 Å². The van der Waals surface area contributed by atoms with Gasteiger partial charge in [0.25, 0.3) is 0 Å². The lowest BCUT2D eigenvalue weighted by Crippen LogP contribution is -2.41. The van der Waals surface area contributed by atoms with Gasteiger partial charge in [-0.15, -0.1) is 11.3 Å². The molecule has 9 heteroatoms. The maximum absolute atomic E-state index is 12.9. The number of carbonyl (C=O) groups excluding carboxylic acids is 1. The first-order valence-electron chi connectivity index (χ1n) is 9.79. The highest BCUT2D eigenvalue weighted by Crippen LogP contribution is 2.39. The van der Waals surface area contributed by atoms with Crippen LogP contribution in [0, 0.1) is 6.92 Å². The minimum Gasteiger partial charge on any atom is -0.338 e. The highest BCUT2D eigenvalue weighted by molar-refractivity contribution is 8.00. The molecule has 28 heavy (non-hydrogen) atoms. The van der Waals surface area contributed by atoms with Gasteiger partial charge in [0.1, 0.15) is 15.7 Å². The smallest absolute Gasteiger partial charge is 0.233 e. The van der Waals surface area contributed by atoms with Gasteiger partial charge >= 0.3 is 0 Å². The Kier molecular flexibility index (Phi) is 5.68. The second-order valence-corrected chi connectivity index (χ2v) is 11.8. The monoisotopic (exact) mass is 439 g/mol. The molecule has 1 unspecified atom stereocenters. The number of hydrogen-bond donors (Lipinski definition) is 0. The Morgan fingerprint density at radius 2 is 2.07 bits per heavy atom. The maximum atomic E-state index is 12.9. The summed E-state index contributed by atoms with van der Waals surface area (Å²) < 4.78 is 23.6. The lowest BCUT2D eigenvalue weighted by molar-refractivity contribution is -0.129. The molecule has 3 heterocycles. The highest BCUT2D eigenvalue weighted by Gasteiger charge is 2.34. The quantitative estimate of drug-likeness (QED) is 0.526. The molecule has 0 saturated carbocycles. The number of fused-ring (bicyclic) bond motifs is 3. The summed E-state index contributed by atoms with van der Waals surface area (Å²) in [5.41, 5.74) is 1.37. The molecule has 0 aromatic carbocycles. The van der Waals surface area contributed by atoms with E-state index in [2.05, 4.69) is 9.97 Å². The number of sulfone groups is 1. The van der Waals surface area contributed by atoms with Gasteiger partial charge in [0, 0.05) is 22.8 Å². The van der Waals surface area contributed by atoms with Gasteiger partial charge in [-0.25, -0.2) is 18.4 Å². The van der Waals surface area contributed by atoms with Gasteiger partial charge in [-0.05, 0) is 51.5 Å². The van der Waals surface area contributed by atoms with Crippen LogP contribution in [0.15, 0.2) is 5.03 Å². The zero-order valence-electron chi connectivity index (χ0n) is 16.2. The van der Waals surface area contributed by atoms with E-state index in [0.717, 1.165) is 33.9 Å². The molecule has 6 nitrogen and oxygen atoms in total. The molecule has 4 rings (SSSR count). The first-order chi connectivity index (χ1) is 13.4. The average Bonchev–Trinajstić information content (AvgIpc) is 3.19. The Hall–Kier alpha value is -1.19. The fourth-order valence-corrected chi connectivity index (χ4v) is 8.29. The first-order valence-corrected chi connectivity index (χ1v) is 13.4. The Balaban J connectivity index is 1.55. The summed E-state index contributed by atoms with van der Waals surface area (Å²) >= 11 is 3.23. The third kappa shape index (κ3) is 3.93. The standard InChI is InChI=1S/C19H25N3O3S3/c1-3-22(13-8-9-28(24,25)11-13)16(23)10-26-18-17-14-6-4-5-7-15(14)27-19(17)21-12(2)20-18/h13H,3-11H2,1-2H3. The van der Waals surface area contributed by atoms with E-state index < -0.39 is 9.84 Å². The Bertz CT molecular complexity index is 1020. The van der Waals surface area contributed by atoms with Gasteiger partial charge in [-0.1, -0.05) is 11.8 Å². The van der Waals surface area contributed by atoms with Crippen LogP contribution in [0.3, 0.4) is 0 Å². The Morgan fingerprint density at radius 3 is 2.79 bits per heavy atom. The summed E-state index contributed by atoms with van der Waals surface area (Å²) in [7, 11) is -3.01. The van der Waals surface area contributed by atoms with Crippen LogP contribution in [0.2, 0.25) is 0 Å². The van der Waals surface area contributed by atoms with E-state index >= 15 is 0 Å². The molecule has 2 aliphatic rings. The predicted octanol–water partition coefficient (Wildman–Crippen LogP) is 3.01. The van der Waals surface area contributed by atoms with E-state index in [9.17, 15) is 13.2 Å². The van der Waals surface area contributed by atoms with Crippen molar-refractivity contribution in [2.75, 3.05) is 23.8 Å². The van der Waals surface area contributed by atoms with Crippen molar-refractivity contribution in [3.8, 4) is 0 Å². The van der Waals surface area contributed by atoms with Crippen LogP contribution in [0.25, 0.3) is 10.2 Å². The molecule has 2 aromatic heterocycles. The molecule has 152 valence electrons. The Morgan fingerprint density at radius 1 is 1.29 bits per heavy atom. The normalized spacial score (nSPS) is 21.0. The van der Waals surface area contributed by atoms with Crippen molar-refractivity contribution in [2.45, 2.75) is 57.0 Å². The summed E-state index contributed by atoms with van der Waals surface area (Å²) in [5.74, 6) is 1.27. The zero-order chi connectivity index (χ0) is 19.9. The highest BCUT2D eigenvalue weighted by atomic mass is 32.2. The number of nitrogens with zero attached hydrogens (tertiary/aromatic N) is 3. The number of amides is 1. The maximum Gasteiger partial charge on any atom is 0.233 e.